The molecule has 0 bridgehead atoms. The molecule has 0 saturated heterocycles. The molecule has 0 saturated carbocycles. The first kappa shape index (κ1) is 11.9. The largest absolute Gasteiger partial charge is 0.457 e. The fourth-order valence-corrected chi connectivity index (χ4v) is 2.34. The summed E-state index contributed by atoms with van der Waals surface area (Å²) in [6.45, 7) is 4.34. The van der Waals surface area contributed by atoms with Crippen molar-refractivity contribution in [1.29, 1.82) is 0 Å². The van der Waals surface area contributed by atoms with Crippen LogP contribution in [0.5, 0.6) is 0 Å². The van der Waals surface area contributed by atoms with Crippen LogP contribution in [0.1, 0.15) is 22.8 Å². The Bertz CT molecular complexity index is 490. The molecule has 90 valence electrons. The smallest absolute Gasteiger partial charge is 0.339 e. The van der Waals surface area contributed by atoms with Crippen LogP contribution >= 0.6 is 11.3 Å². The van der Waals surface area contributed by atoms with Crippen molar-refractivity contribution in [2.75, 3.05) is 0 Å². The van der Waals surface area contributed by atoms with Crippen LogP contribution in [0.4, 0.5) is 0 Å². The van der Waals surface area contributed by atoms with Gasteiger partial charge in [0.05, 0.1) is 12.1 Å². The number of rotatable bonds is 4. The highest BCUT2D eigenvalue weighted by atomic mass is 32.1. The third-order valence-electron chi connectivity index (χ3n) is 2.39. The highest BCUT2D eigenvalue weighted by Crippen LogP contribution is 2.15. The minimum absolute atomic E-state index is 0.193. The lowest BCUT2D eigenvalue weighted by molar-refractivity contribution is 0.0298. The minimum Gasteiger partial charge on any atom is -0.457 e. The molecule has 2 rings (SSSR count). The summed E-state index contributed by atoms with van der Waals surface area (Å²) < 4.78 is 7.10. The third-order valence-corrected chi connectivity index (χ3v) is 3.25. The molecule has 0 N–H and O–H groups in total. The van der Waals surface area contributed by atoms with Crippen LogP contribution in [-0.4, -0.2) is 21.9 Å². The predicted molar refractivity (Wildman–Crippen MR) is 66.2 cm³/mol. The van der Waals surface area contributed by atoms with Gasteiger partial charge >= 0.3 is 5.97 Å². The topological polar surface area (TPSA) is 44.1 Å². The van der Waals surface area contributed by atoms with Crippen molar-refractivity contribution in [1.82, 2.24) is 9.78 Å². The lowest BCUT2D eigenvalue weighted by Crippen LogP contribution is -2.21. The summed E-state index contributed by atoms with van der Waals surface area (Å²) in [6.07, 6.45) is 3.36. The molecular formula is C12H14N2O2S. The second-order valence-electron chi connectivity index (χ2n) is 3.91. The Morgan fingerprint density at radius 1 is 1.59 bits per heavy atom. The van der Waals surface area contributed by atoms with E-state index in [1.54, 1.807) is 10.9 Å². The summed E-state index contributed by atoms with van der Waals surface area (Å²) in [5.74, 6) is -0.261. The molecule has 0 aliphatic rings. The fourth-order valence-electron chi connectivity index (χ4n) is 1.53. The average Bonchev–Trinajstić information content (AvgIpc) is 2.88. The van der Waals surface area contributed by atoms with E-state index in [9.17, 15) is 4.79 Å². The summed E-state index contributed by atoms with van der Waals surface area (Å²) in [5, 5.41) is 7.83. The highest BCUT2D eigenvalue weighted by molar-refractivity contribution is 7.08. The van der Waals surface area contributed by atoms with Crippen molar-refractivity contribution in [2.45, 2.75) is 26.5 Å². The van der Waals surface area contributed by atoms with E-state index in [1.165, 1.54) is 11.3 Å². The van der Waals surface area contributed by atoms with Gasteiger partial charge in [-0.2, -0.15) is 16.4 Å². The van der Waals surface area contributed by atoms with Gasteiger partial charge in [0.15, 0.2) is 0 Å². The molecule has 2 heterocycles. The van der Waals surface area contributed by atoms with Crippen molar-refractivity contribution >= 4 is 17.3 Å². The molecule has 2 aromatic rings. The first-order valence-corrected chi connectivity index (χ1v) is 6.32. The number of esters is 1. The number of hydrogen-bond donors (Lipinski definition) is 0. The van der Waals surface area contributed by atoms with Crippen molar-refractivity contribution in [3.05, 3.63) is 40.3 Å². The van der Waals surface area contributed by atoms with Crippen molar-refractivity contribution in [3.63, 3.8) is 0 Å². The zero-order chi connectivity index (χ0) is 12.3. The molecular weight excluding hydrogens is 236 g/mol. The van der Waals surface area contributed by atoms with Crippen LogP contribution in [0.2, 0.25) is 0 Å². The molecule has 0 fully saturated rings. The molecule has 0 radical (unpaired) electrons. The maximum Gasteiger partial charge on any atom is 0.339 e. The van der Waals surface area contributed by atoms with Gasteiger partial charge < -0.3 is 4.74 Å². The minimum atomic E-state index is -0.261. The molecule has 5 heteroatoms. The molecule has 0 aliphatic heterocycles. The van der Waals surface area contributed by atoms with E-state index < -0.39 is 0 Å². The Morgan fingerprint density at radius 3 is 3.00 bits per heavy atom. The number of carbonyl (C=O) groups is 1. The summed E-state index contributed by atoms with van der Waals surface area (Å²) in [7, 11) is 0. The average molecular weight is 250 g/mol. The fraction of sp³-hybridized carbons (Fsp3) is 0.333. The van der Waals surface area contributed by atoms with Gasteiger partial charge in [-0.15, -0.1) is 0 Å². The molecule has 0 aromatic carbocycles. The van der Waals surface area contributed by atoms with Crippen LogP contribution < -0.4 is 0 Å². The number of ether oxygens (including phenoxy) is 1. The third kappa shape index (κ3) is 2.94. The van der Waals surface area contributed by atoms with Crippen LogP contribution in [0.25, 0.3) is 0 Å². The summed E-state index contributed by atoms with van der Waals surface area (Å²) in [5.41, 5.74) is 1.62. The van der Waals surface area contributed by atoms with Crippen LogP contribution in [0.3, 0.4) is 0 Å². The Kier molecular flexibility index (Phi) is 3.58. The summed E-state index contributed by atoms with van der Waals surface area (Å²) in [4.78, 5) is 11.8. The highest BCUT2D eigenvalue weighted by Gasteiger charge is 2.15. The van der Waals surface area contributed by atoms with Gasteiger partial charge in [-0.05, 0) is 30.9 Å². The predicted octanol–water partition coefficient (Wildman–Crippen LogP) is 2.50. The van der Waals surface area contributed by atoms with E-state index in [0.29, 0.717) is 12.1 Å². The lowest BCUT2D eigenvalue weighted by Gasteiger charge is -2.13. The zero-order valence-electron chi connectivity index (χ0n) is 9.79. The van der Waals surface area contributed by atoms with Gasteiger partial charge in [0.25, 0.3) is 0 Å². The summed E-state index contributed by atoms with van der Waals surface area (Å²) >= 11 is 1.51. The van der Waals surface area contributed by atoms with E-state index in [1.807, 2.05) is 36.9 Å². The first-order chi connectivity index (χ1) is 8.16. The van der Waals surface area contributed by atoms with Crippen LogP contribution in [0.15, 0.2) is 29.2 Å². The van der Waals surface area contributed by atoms with Gasteiger partial charge in [0.1, 0.15) is 6.10 Å². The normalized spacial score (nSPS) is 12.4. The van der Waals surface area contributed by atoms with Crippen molar-refractivity contribution in [3.8, 4) is 0 Å². The second-order valence-corrected chi connectivity index (χ2v) is 4.66. The maximum atomic E-state index is 11.8. The van der Waals surface area contributed by atoms with Gasteiger partial charge in [-0.1, -0.05) is 0 Å². The number of hydrogen-bond acceptors (Lipinski definition) is 4. The van der Waals surface area contributed by atoms with E-state index in [4.69, 9.17) is 4.74 Å². The molecule has 17 heavy (non-hydrogen) atoms. The van der Waals surface area contributed by atoms with E-state index in [2.05, 4.69) is 5.10 Å². The second kappa shape index (κ2) is 5.14. The van der Waals surface area contributed by atoms with Crippen LogP contribution in [0, 0.1) is 6.92 Å². The monoisotopic (exact) mass is 250 g/mol. The Morgan fingerprint density at radius 2 is 2.41 bits per heavy atom. The van der Waals surface area contributed by atoms with Crippen LogP contribution in [-0.2, 0) is 11.3 Å². The molecule has 4 nitrogen and oxygen atoms in total. The lowest BCUT2D eigenvalue weighted by atomic mass is 10.2. The Hall–Kier alpha value is -1.62. The van der Waals surface area contributed by atoms with Crippen molar-refractivity contribution < 1.29 is 9.53 Å². The number of aryl methyl sites for hydroxylation is 1. The number of aromatic nitrogens is 2. The van der Waals surface area contributed by atoms with Gasteiger partial charge in [0, 0.05) is 17.8 Å². The molecule has 0 spiro atoms. The summed E-state index contributed by atoms with van der Waals surface area (Å²) in [6, 6.07) is 1.84. The Labute approximate surface area is 104 Å². The van der Waals surface area contributed by atoms with Gasteiger partial charge in [0.2, 0.25) is 0 Å². The van der Waals surface area contributed by atoms with Gasteiger partial charge in [-0.3, -0.25) is 4.68 Å². The quantitative estimate of drug-likeness (QED) is 0.783. The molecule has 2 aromatic heterocycles. The number of nitrogens with zero attached hydrogens (tertiary/aromatic N) is 2. The SMILES string of the molecule is Cc1cscc1C(=O)O[C@@H](C)Cn1cccn1. The van der Waals surface area contributed by atoms with E-state index >= 15 is 0 Å². The first-order valence-electron chi connectivity index (χ1n) is 5.38. The van der Waals surface area contributed by atoms with Gasteiger partial charge in [-0.25, -0.2) is 4.79 Å². The molecule has 1 atom stereocenters. The van der Waals surface area contributed by atoms with Crippen molar-refractivity contribution in [2.24, 2.45) is 0 Å². The molecule has 0 unspecified atom stereocenters. The molecule has 0 aliphatic carbocycles. The Balaban J connectivity index is 1.93. The van der Waals surface area contributed by atoms with E-state index in [0.717, 1.165) is 5.56 Å². The number of carbonyl (C=O) groups excluding carboxylic acids is 1. The number of thiophene rings is 1. The molecule has 0 amide bonds. The standard InChI is InChI=1S/C12H14N2O2S/c1-9-7-17-8-11(9)12(15)16-10(2)6-14-5-3-4-13-14/h3-5,7-8,10H,6H2,1-2H3/t10-/m0/s1. The van der Waals surface area contributed by atoms with E-state index in [-0.39, 0.29) is 12.1 Å². The maximum absolute atomic E-state index is 11.8. The zero-order valence-corrected chi connectivity index (χ0v) is 10.6.